The summed E-state index contributed by atoms with van der Waals surface area (Å²) in [5, 5.41) is 0. The minimum Gasteiger partial charge on any atom is -0.468 e. The average molecular weight is 501 g/mol. The topological polar surface area (TPSA) is 119 Å². The first kappa shape index (κ1) is 24.0. The van der Waals surface area contributed by atoms with Crippen LogP contribution in [0.2, 0.25) is 0 Å². The van der Waals surface area contributed by atoms with Crippen molar-refractivity contribution in [2.45, 2.75) is 35.7 Å². The van der Waals surface area contributed by atoms with E-state index in [1.165, 1.54) is 36.8 Å². The van der Waals surface area contributed by atoms with Crippen LogP contribution in [0.1, 0.15) is 34.7 Å². The van der Waals surface area contributed by atoms with Gasteiger partial charge in [-0.3, -0.25) is 0 Å². The quantitative estimate of drug-likeness (QED) is 0.355. The van der Waals surface area contributed by atoms with Gasteiger partial charge < -0.3 is 8.83 Å². The van der Waals surface area contributed by atoms with E-state index in [0.29, 0.717) is 0 Å². The molecule has 8 nitrogen and oxygen atoms in total. The van der Waals surface area contributed by atoms with Gasteiger partial charge in [-0.25, -0.2) is 16.8 Å². The number of sulfonamides is 2. The molecular weight excluding hydrogens is 476 g/mol. The largest absolute Gasteiger partial charge is 0.468 e. The minimum atomic E-state index is -4.05. The number of hydrogen-bond donors (Lipinski definition) is 2. The Balaban J connectivity index is 1.76. The maximum Gasteiger partial charge on any atom is 0.241 e. The molecule has 10 heteroatoms. The second-order valence-corrected chi connectivity index (χ2v) is 11.3. The average Bonchev–Trinajstić information content (AvgIpc) is 3.51. The fourth-order valence-corrected chi connectivity index (χ4v) is 5.86. The molecule has 0 radical (unpaired) electrons. The lowest BCUT2D eigenvalue weighted by Gasteiger charge is -2.26. The Bertz CT molecular complexity index is 1310. The molecule has 34 heavy (non-hydrogen) atoms. The highest BCUT2D eigenvalue weighted by Gasteiger charge is 2.36. The third-order valence-corrected chi connectivity index (χ3v) is 8.17. The van der Waals surface area contributed by atoms with Crippen molar-refractivity contribution in [3.8, 4) is 0 Å². The highest BCUT2D eigenvalue weighted by Crippen LogP contribution is 2.33. The van der Waals surface area contributed by atoms with Crippen molar-refractivity contribution in [1.29, 1.82) is 0 Å². The van der Waals surface area contributed by atoms with Crippen LogP contribution in [0.15, 0.2) is 104 Å². The van der Waals surface area contributed by atoms with Gasteiger partial charge in [-0.2, -0.15) is 9.44 Å². The number of furan rings is 2. The van der Waals surface area contributed by atoms with Crippen molar-refractivity contribution in [2.75, 3.05) is 0 Å². The molecule has 2 aromatic heterocycles. The lowest BCUT2D eigenvalue weighted by molar-refractivity contribution is 0.345. The summed E-state index contributed by atoms with van der Waals surface area (Å²) in [4.78, 5) is 0.0727. The van der Waals surface area contributed by atoms with Crippen LogP contribution in [0.5, 0.6) is 0 Å². The molecule has 2 unspecified atom stereocenters. The second kappa shape index (κ2) is 9.59. The smallest absolute Gasteiger partial charge is 0.241 e. The second-order valence-electron chi connectivity index (χ2n) is 7.85. The number of benzene rings is 2. The first-order valence-corrected chi connectivity index (χ1v) is 13.4. The molecule has 0 spiro atoms. The molecule has 2 N–H and O–H groups in total. The highest BCUT2D eigenvalue weighted by molar-refractivity contribution is 7.90. The van der Waals surface area contributed by atoms with Crippen LogP contribution in [-0.2, 0) is 20.0 Å². The molecular formula is C24H24N2O6S2. The van der Waals surface area contributed by atoms with Crippen molar-refractivity contribution in [1.82, 2.24) is 9.44 Å². The molecule has 0 bridgehead atoms. The summed E-state index contributed by atoms with van der Waals surface area (Å²) in [6.45, 7) is 3.70. The van der Waals surface area contributed by atoms with Gasteiger partial charge >= 0.3 is 0 Å². The van der Waals surface area contributed by atoms with Crippen molar-refractivity contribution in [2.24, 2.45) is 0 Å². The molecule has 4 aromatic rings. The van der Waals surface area contributed by atoms with Gasteiger partial charge in [0, 0.05) is 0 Å². The molecule has 0 saturated heterocycles. The van der Waals surface area contributed by atoms with Gasteiger partial charge in [-0.1, -0.05) is 35.4 Å². The maximum atomic E-state index is 13.2. The molecule has 2 atom stereocenters. The molecule has 0 fully saturated rings. The molecule has 2 aromatic carbocycles. The van der Waals surface area contributed by atoms with Gasteiger partial charge in [0.15, 0.2) is 0 Å². The van der Waals surface area contributed by atoms with Crippen LogP contribution in [-0.4, -0.2) is 16.8 Å². The van der Waals surface area contributed by atoms with E-state index in [1.54, 1.807) is 48.5 Å². The number of rotatable bonds is 9. The first-order chi connectivity index (χ1) is 16.2. The number of hydrogen-bond acceptors (Lipinski definition) is 6. The lowest BCUT2D eigenvalue weighted by atomic mass is 10.1. The van der Waals surface area contributed by atoms with Crippen molar-refractivity contribution in [3.05, 3.63) is 108 Å². The molecule has 0 aliphatic carbocycles. The Morgan fingerprint density at radius 3 is 1.24 bits per heavy atom. The molecule has 4 rings (SSSR count). The van der Waals surface area contributed by atoms with Gasteiger partial charge in [0.1, 0.15) is 23.6 Å². The zero-order chi connectivity index (χ0) is 24.3. The third-order valence-electron chi connectivity index (χ3n) is 5.26. The summed E-state index contributed by atoms with van der Waals surface area (Å²) < 4.78 is 69.1. The van der Waals surface area contributed by atoms with Crippen LogP contribution in [0, 0.1) is 13.8 Å². The van der Waals surface area contributed by atoms with Gasteiger partial charge in [0.2, 0.25) is 20.0 Å². The zero-order valence-corrected chi connectivity index (χ0v) is 20.1. The van der Waals surface area contributed by atoms with E-state index in [4.69, 9.17) is 8.83 Å². The van der Waals surface area contributed by atoms with Crippen LogP contribution < -0.4 is 9.44 Å². The van der Waals surface area contributed by atoms with Crippen LogP contribution in [0.25, 0.3) is 0 Å². The van der Waals surface area contributed by atoms with E-state index >= 15 is 0 Å². The Morgan fingerprint density at radius 2 is 0.941 bits per heavy atom. The van der Waals surface area contributed by atoms with Crippen LogP contribution in [0.4, 0.5) is 0 Å². The van der Waals surface area contributed by atoms with Gasteiger partial charge in [-0.05, 0) is 62.4 Å². The molecule has 178 valence electrons. The van der Waals surface area contributed by atoms with Crippen molar-refractivity contribution < 1.29 is 25.7 Å². The Kier molecular flexibility index (Phi) is 6.76. The van der Waals surface area contributed by atoms with E-state index in [0.717, 1.165) is 11.1 Å². The molecule has 0 saturated carbocycles. The zero-order valence-electron chi connectivity index (χ0n) is 18.5. The number of aryl methyl sites for hydroxylation is 2. The summed E-state index contributed by atoms with van der Waals surface area (Å²) in [7, 11) is -8.10. The van der Waals surface area contributed by atoms with Gasteiger partial charge in [-0.15, -0.1) is 0 Å². The molecule has 2 heterocycles. The minimum absolute atomic E-state index is 0.0363. The fraction of sp³-hybridized carbons (Fsp3) is 0.167. The normalized spacial score (nSPS) is 14.1. The molecule has 0 amide bonds. The first-order valence-electron chi connectivity index (χ1n) is 10.4. The highest BCUT2D eigenvalue weighted by atomic mass is 32.2. The van der Waals surface area contributed by atoms with Gasteiger partial charge in [0.25, 0.3) is 0 Å². The summed E-state index contributed by atoms with van der Waals surface area (Å²) in [5.41, 5.74) is 1.81. The third kappa shape index (κ3) is 5.31. The molecule has 0 aliphatic rings. The molecule has 0 aliphatic heterocycles. The van der Waals surface area contributed by atoms with Crippen LogP contribution in [0.3, 0.4) is 0 Å². The summed E-state index contributed by atoms with van der Waals surface area (Å²) in [5.74, 6) is 0.424. The van der Waals surface area contributed by atoms with E-state index < -0.39 is 32.1 Å². The van der Waals surface area contributed by atoms with E-state index in [2.05, 4.69) is 9.44 Å². The maximum absolute atomic E-state index is 13.2. The van der Waals surface area contributed by atoms with E-state index in [9.17, 15) is 16.8 Å². The Morgan fingerprint density at radius 1 is 0.588 bits per heavy atom. The predicted molar refractivity (Wildman–Crippen MR) is 126 cm³/mol. The fourth-order valence-electron chi connectivity index (χ4n) is 3.42. The van der Waals surface area contributed by atoms with Gasteiger partial charge in [0.05, 0.1) is 22.3 Å². The van der Waals surface area contributed by atoms with Crippen molar-refractivity contribution >= 4 is 20.0 Å². The number of nitrogens with one attached hydrogen (secondary N) is 2. The summed E-state index contributed by atoms with van der Waals surface area (Å²) >= 11 is 0. The summed E-state index contributed by atoms with van der Waals surface area (Å²) in [6, 6.07) is 16.7. The monoisotopic (exact) mass is 500 g/mol. The van der Waals surface area contributed by atoms with E-state index in [-0.39, 0.29) is 21.3 Å². The predicted octanol–water partition coefficient (Wildman–Crippen LogP) is 4.23. The van der Waals surface area contributed by atoms with E-state index in [1.807, 2.05) is 13.8 Å². The Labute approximate surface area is 198 Å². The van der Waals surface area contributed by atoms with Crippen molar-refractivity contribution in [3.63, 3.8) is 0 Å². The van der Waals surface area contributed by atoms with Crippen LogP contribution >= 0.6 is 0 Å². The standard InChI is InChI=1S/C24H24N2O6S2/c1-17-7-11-19(12-8-17)33(27,28)25-23(21-5-3-15-31-21)24(22-6-4-16-32-22)26-34(29,30)20-13-9-18(2)10-14-20/h3-16,23-26H,1-2H3. The summed E-state index contributed by atoms with van der Waals surface area (Å²) in [6.07, 6.45) is 2.77. The SMILES string of the molecule is Cc1ccc(S(=O)(=O)NC(c2ccco2)C(NS(=O)(=O)c2ccc(C)cc2)c2ccco2)cc1. The Hall–Kier alpha value is -3.18. The lowest BCUT2D eigenvalue weighted by Crippen LogP contribution is -2.40.